The van der Waals surface area contributed by atoms with Crippen molar-refractivity contribution in [2.45, 2.75) is 44.4 Å². The van der Waals surface area contributed by atoms with Crippen molar-refractivity contribution in [2.75, 3.05) is 19.8 Å². The van der Waals surface area contributed by atoms with Gasteiger partial charge in [0.05, 0.1) is 25.9 Å². The number of hydrogen-bond donors (Lipinski definition) is 1. The van der Waals surface area contributed by atoms with Crippen LogP contribution in [-0.4, -0.2) is 52.1 Å². The summed E-state index contributed by atoms with van der Waals surface area (Å²) in [6.45, 7) is 4.14. The smallest absolute Gasteiger partial charge is 0.240 e. The highest BCUT2D eigenvalue weighted by atomic mass is 16.5. The van der Waals surface area contributed by atoms with E-state index in [1.807, 2.05) is 0 Å². The van der Waals surface area contributed by atoms with Crippen LogP contribution in [0, 0.1) is 0 Å². The van der Waals surface area contributed by atoms with Crippen molar-refractivity contribution in [2.24, 2.45) is 0 Å². The lowest BCUT2D eigenvalue weighted by Gasteiger charge is -2.36. The molecule has 0 radical (unpaired) electrons. The Hall–Kier alpha value is -0.980. The molecule has 1 saturated heterocycles. The van der Waals surface area contributed by atoms with Crippen molar-refractivity contribution >= 4 is 0 Å². The Morgan fingerprint density at radius 3 is 3.00 bits per heavy atom. The average molecular weight is 253 g/mol. The number of aliphatic hydroxyl groups is 1. The second-order valence-corrected chi connectivity index (χ2v) is 5.24. The number of ether oxygens (including phenoxy) is 1. The summed E-state index contributed by atoms with van der Waals surface area (Å²) < 4.78 is 10.8. The van der Waals surface area contributed by atoms with Crippen molar-refractivity contribution < 1.29 is 14.4 Å². The molecule has 1 N–H and O–H groups in total. The van der Waals surface area contributed by atoms with Gasteiger partial charge in [-0.05, 0) is 19.8 Å². The van der Waals surface area contributed by atoms with E-state index in [1.54, 1.807) is 0 Å². The molecule has 0 spiro atoms. The third-order valence-electron chi connectivity index (χ3n) is 3.60. The summed E-state index contributed by atoms with van der Waals surface area (Å²) in [5.74, 6) is 2.04. The van der Waals surface area contributed by atoms with Gasteiger partial charge in [-0.2, -0.15) is 4.98 Å². The zero-order valence-corrected chi connectivity index (χ0v) is 10.6. The molecule has 2 fully saturated rings. The second kappa shape index (κ2) is 4.95. The van der Waals surface area contributed by atoms with Crippen molar-refractivity contribution in [3.05, 3.63) is 11.7 Å². The normalized spacial score (nSPS) is 29.7. The van der Waals surface area contributed by atoms with E-state index in [0.717, 1.165) is 5.82 Å². The molecule has 1 aliphatic carbocycles. The molecule has 0 bridgehead atoms. The molecule has 0 aromatic carbocycles. The Labute approximate surface area is 106 Å². The van der Waals surface area contributed by atoms with Gasteiger partial charge in [-0.25, -0.2) is 0 Å². The van der Waals surface area contributed by atoms with E-state index >= 15 is 0 Å². The van der Waals surface area contributed by atoms with Gasteiger partial charge in [0.2, 0.25) is 5.89 Å². The first-order valence-corrected chi connectivity index (χ1v) is 6.55. The van der Waals surface area contributed by atoms with Gasteiger partial charge in [0.1, 0.15) is 0 Å². The zero-order valence-electron chi connectivity index (χ0n) is 10.6. The Balaban J connectivity index is 1.62. The van der Waals surface area contributed by atoms with Crippen LogP contribution in [0.1, 0.15) is 37.4 Å². The fourth-order valence-corrected chi connectivity index (χ4v) is 2.22. The van der Waals surface area contributed by atoms with E-state index in [1.165, 1.54) is 12.8 Å². The maximum Gasteiger partial charge on any atom is 0.240 e. The summed E-state index contributed by atoms with van der Waals surface area (Å²) >= 11 is 0. The van der Waals surface area contributed by atoms with E-state index in [2.05, 4.69) is 22.0 Å². The Morgan fingerprint density at radius 2 is 2.28 bits per heavy atom. The lowest BCUT2D eigenvalue weighted by Crippen LogP contribution is -2.48. The standard InChI is InChI=1S/C12H19N3O3/c1-8-7-17-10(6-16)4-15(8)5-11-13-12(14-18-11)9-2-3-9/h8-10,16H,2-7H2,1H3. The van der Waals surface area contributed by atoms with Crippen molar-refractivity contribution in [3.63, 3.8) is 0 Å². The van der Waals surface area contributed by atoms with Crippen LogP contribution in [0.5, 0.6) is 0 Å². The Morgan fingerprint density at radius 1 is 1.44 bits per heavy atom. The van der Waals surface area contributed by atoms with E-state index in [4.69, 9.17) is 14.4 Å². The first-order valence-electron chi connectivity index (χ1n) is 6.55. The predicted molar refractivity (Wildman–Crippen MR) is 63.0 cm³/mol. The molecule has 1 saturated carbocycles. The van der Waals surface area contributed by atoms with E-state index in [9.17, 15) is 0 Å². The van der Waals surface area contributed by atoms with Gasteiger partial charge < -0.3 is 14.4 Å². The van der Waals surface area contributed by atoms with Crippen LogP contribution >= 0.6 is 0 Å². The fourth-order valence-electron chi connectivity index (χ4n) is 2.22. The van der Waals surface area contributed by atoms with Gasteiger partial charge in [0.25, 0.3) is 0 Å². The van der Waals surface area contributed by atoms with Gasteiger partial charge in [-0.15, -0.1) is 0 Å². The maximum absolute atomic E-state index is 9.14. The number of aliphatic hydroxyl groups excluding tert-OH is 1. The predicted octanol–water partition coefficient (Wildman–Crippen LogP) is 0.529. The minimum Gasteiger partial charge on any atom is -0.394 e. The highest BCUT2D eigenvalue weighted by molar-refractivity contribution is 5.03. The van der Waals surface area contributed by atoms with Crippen LogP contribution in [0.4, 0.5) is 0 Å². The van der Waals surface area contributed by atoms with Gasteiger partial charge in [0, 0.05) is 18.5 Å². The maximum atomic E-state index is 9.14. The molecule has 1 aliphatic heterocycles. The first-order chi connectivity index (χ1) is 8.76. The largest absolute Gasteiger partial charge is 0.394 e. The van der Waals surface area contributed by atoms with Crippen LogP contribution in [0.2, 0.25) is 0 Å². The van der Waals surface area contributed by atoms with Gasteiger partial charge in [-0.1, -0.05) is 5.16 Å². The minimum atomic E-state index is -0.105. The quantitative estimate of drug-likeness (QED) is 0.844. The number of rotatable bonds is 4. The molecule has 2 heterocycles. The lowest BCUT2D eigenvalue weighted by atomic mass is 10.2. The van der Waals surface area contributed by atoms with Gasteiger partial charge >= 0.3 is 0 Å². The average Bonchev–Trinajstić information content (AvgIpc) is 3.13. The van der Waals surface area contributed by atoms with Crippen molar-refractivity contribution in [1.82, 2.24) is 15.0 Å². The van der Waals surface area contributed by atoms with Crippen LogP contribution in [-0.2, 0) is 11.3 Å². The van der Waals surface area contributed by atoms with Crippen LogP contribution in [0.3, 0.4) is 0 Å². The topological polar surface area (TPSA) is 71.6 Å². The molecule has 2 aliphatic rings. The number of morpholine rings is 1. The summed E-state index contributed by atoms with van der Waals surface area (Å²) in [6.07, 6.45) is 2.26. The first kappa shape index (κ1) is 12.1. The summed E-state index contributed by atoms with van der Waals surface area (Å²) in [6, 6.07) is 0.309. The fraction of sp³-hybridized carbons (Fsp3) is 0.833. The second-order valence-electron chi connectivity index (χ2n) is 5.24. The van der Waals surface area contributed by atoms with E-state index in [0.29, 0.717) is 37.5 Å². The third-order valence-corrected chi connectivity index (χ3v) is 3.60. The Kier molecular flexibility index (Phi) is 3.32. The molecule has 18 heavy (non-hydrogen) atoms. The molecular formula is C12H19N3O3. The molecule has 2 atom stereocenters. The van der Waals surface area contributed by atoms with Gasteiger partial charge in [0.15, 0.2) is 5.82 Å². The molecular weight excluding hydrogens is 234 g/mol. The van der Waals surface area contributed by atoms with E-state index in [-0.39, 0.29) is 12.7 Å². The highest BCUT2D eigenvalue weighted by Gasteiger charge is 2.30. The lowest BCUT2D eigenvalue weighted by molar-refractivity contribution is -0.0827. The summed E-state index contributed by atoms with van der Waals surface area (Å²) in [5.41, 5.74) is 0. The van der Waals surface area contributed by atoms with Crippen LogP contribution in [0.15, 0.2) is 4.52 Å². The monoisotopic (exact) mass is 253 g/mol. The molecule has 1 aromatic rings. The highest BCUT2D eigenvalue weighted by Crippen LogP contribution is 2.38. The zero-order chi connectivity index (χ0) is 12.5. The number of hydrogen-bond acceptors (Lipinski definition) is 6. The molecule has 100 valence electrons. The van der Waals surface area contributed by atoms with Crippen LogP contribution in [0.25, 0.3) is 0 Å². The summed E-state index contributed by atoms with van der Waals surface area (Å²) in [5, 5.41) is 13.2. The van der Waals surface area contributed by atoms with E-state index < -0.39 is 0 Å². The molecule has 1 aromatic heterocycles. The Bertz CT molecular complexity index is 405. The summed E-state index contributed by atoms with van der Waals surface area (Å²) in [4.78, 5) is 6.65. The number of aromatic nitrogens is 2. The van der Waals surface area contributed by atoms with Gasteiger partial charge in [-0.3, -0.25) is 4.90 Å². The number of nitrogens with zero attached hydrogens (tertiary/aromatic N) is 3. The van der Waals surface area contributed by atoms with Crippen molar-refractivity contribution in [1.29, 1.82) is 0 Å². The molecule has 6 heteroatoms. The summed E-state index contributed by atoms with van der Waals surface area (Å²) in [7, 11) is 0. The molecule has 2 unspecified atom stereocenters. The molecule has 6 nitrogen and oxygen atoms in total. The third kappa shape index (κ3) is 2.55. The van der Waals surface area contributed by atoms with Crippen LogP contribution < -0.4 is 0 Å². The van der Waals surface area contributed by atoms with Crippen molar-refractivity contribution in [3.8, 4) is 0 Å². The molecule has 0 amide bonds. The minimum absolute atomic E-state index is 0.0559. The molecule has 3 rings (SSSR count). The SMILES string of the molecule is CC1COC(CO)CN1Cc1nc(C2CC2)no1.